The monoisotopic (exact) mass is 401 g/mol. The first-order valence-electron chi connectivity index (χ1n) is 10.3. The molecule has 0 unspecified atom stereocenters. The Kier molecular flexibility index (Phi) is 5.50. The molecule has 4 fully saturated rings. The van der Waals surface area contributed by atoms with Gasteiger partial charge in [-0.2, -0.15) is 0 Å². The summed E-state index contributed by atoms with van der Waals surface area (Å²) in [6.07, 6.45) is 10.8. The second kappa shape index (κ2) is 7.90. The number of nitrogens with one attached hydrogen (secondary N) is 1. The van der Waals surface area contributed by atoms with Crippen LogP contribution < -0.4 is 5.32 Å². The molecule has 4 aliphatic rings. The lowest BCUT2D eigenvalue weighted by atomic mass is 9.48. The fourth-order valence-electron chi connectivity index (χ4n) is 6.10. The molecule has 0 saturated heterocycles. The Hall–Kier alpha value is -1.81. The fourth-order valence-corrected chi connectivity index (χ4v) is 6.30. The van der Waals surface area contributed by atoms with E-state index in [1.807, 2.05) is 18.2 Å². The number of amides is 1. The zero-order valence-corrected chi connectivity index (χ0v) is 17.1. The molecule has 0 aliphatic heterocycles. The van der Waals surface area contributed by atoms with E-state index in [0.717, 1.165) is 23.3 Å². The molecule has 1 N–H and O–H groups in total. The lowest BCUT2D eigenvalue weighted by Gasteiger charge is -2.59. The number of carbonyl (C=O) groups excluding carboxylic acids is 2. The zero-order chi connectivity index (χ0) is 19.7. The highest BCUT2D eigenvalue weighted by Crippen LogP contribution is 2.61. The van der Waals surface area contributed by atoms with Crippen LogP contribution in [0.3, 0.4) is 0 Å². The maximum Gasteiger partial charge on any atom is 0.331 e. The van der Waals surface area contributed by atoms with Crippen LogP contribution in [0.1, 0.15) is 51.0 Å². The average Bonchev–Trinajstić information content (AvgIpc) is 2.64. The number of ether oxygens (including phenoxy) is 1. The topological polar surface area (TPSA) is 55.4 Å². The molecule has 5 heteroatoms. The smallest absolute Gasteiger partial charge is 0.331 e. The maximum absolute atomic E-state index is 12.3. The van der Waals surface area contributed by atoms with Gasteiger partial charge >= 0.3 is 5.97 Å². The molecule has 1 aromatic carbocycles. The van der Waals surface area contributed by atoms with Gasteiger partial charge < -0.3 is 10.1 Å². The van der Waals surface area contributed by atoms with E-state index in [9.17, 15) is 9.59 Å². The van der Waals surface area contributed by atoms with Crippen molar-refractivity contribution in [2.24, 2.45) is 23.2 Å². The molecule has 1 aromatic rings. The highest BCUT2D eigenvalue weighted by Gasteiger charge is 2.53. The van der Waals surface area contributed by atoms with Crippen LogP contribution >= 0.6 is 11.6 Å². The fraction of sp³-hybridized carbons (Fsp3) is 0.565. The van der Waals surface area contributed by atoms with Gasteiger partial charge in [-0.15, -0.1) is 0 Å². The molecule has 4 aliphatic carbocycles. The second-order valence-corrected chi connectivity index (χ2v) is 9.44. The van der Waals surface area contributed by atoms with Crippen molar-refractivity contribution in [1.29, 1.82) is 0 Å². The number of hydrogen-bond donors (Lipinski definition) is 1. The largest absolute Gasteiger partial charge is 0.452 e. The van der Waals surface area contributed by atoms with Crippen LogP contribution in [0, 0.1) is 23.2 Å². The van der Waals surface area contributed by atoms with Gasteiger partial charge in [-0.3, -0.25) is 4.79 Å². The normalized spacial score (nSPS) is 31.7. The Bertz CT molecular complexity index is 753. The van der Waals surface area contributed by atoms with Crippen LogP contribution in [0.4, 0.5) is 0 Å². The minimum Gasteiger partial charge on any atom is -0.452 e. The molecule has 1 amide bonds. The quantitative estimate of drug-likeness (QED) is 0.559. The summed E-state index contributed by atoms with van der Waals surface area (Å²) in [5.41, 5.74) is 0.985. The lowest BCUT2D eigenvalue weighted by Crippen LogP contribution is -2.56. The molecule has 28 heavy (non-hydrogen) atoms. The summed E-state index contributed by atoms with van der Waals surface area (Å²) >= 11 is 6.05. The summed E-state index contributed by atoms with van der Waals surface area (Å²) in [5, 5.41) is 3.68. The van der Waals surface area contributed by atoms with Crippen molar-refractivity contribution < 1.29 is 14.3 Å². The van der Waals surface area contributed by atoms with Crippen molar-refractivity contribution in [2.75, 3.05) is 6.61 Å². The maximum atomic E-state index is 12.3. The van der Waals surface area contributed by atoms with Gasteiger partial charge in [0.25, 0.3) is 5.91 Å². The molecule has 1 atom stereocenters. The van der Waals surface area contributed by atoms with Crippen LogP contribution in [0.15, 0.2) is 30.3 Å². The molecule has 4 saturated carbocycles. The van der Waals surface area contributed by atoms with Crippen molar-refractivity contribution in [2.45, 2.75) is 51.5 Å². The molecule has 5 rings (SSSR count). The Morgan fingerprint density at radius 3 is 2.39 bits per heavy atom. The summed E-state index contributed by atoms with van der Waals surface area (Å²) in [4.78, 5) is 24.3. The van der Waals surface area contributed by atoms with Gasteiger partial charge in [0, 0.05) is 17.1 Å². The summed E-state index contributed by atoms with van der Waals surface area (Å²) in [5.74, 6) is 1.77. The third-order valence-corrected chi connectivity index (χ3v) is 7.38. The summed E-state index contributed by atoms with van der Waals surface area (Å²) < 4.78 is 5.10. The first kappa shape index (κ1) is 19.5. The third kappa shape index (κ3) is 4.12. The molecule has 4 nitrogen and oxygen atoms in total. The Morgan fingerprint density at radius 2 is 1.79 bits per heavy atom. The van der Waals surface area contributed by atoms with Gasteiger partial charge in [-0.1, -0.05) is 29.8 Å². The standard InChI is InChI=1S/C23H28ClNO3/c1-15(23-11-16-8-17(12-23)10-18(9-16)13-23)25-21(26)14-28-22(27)7-6-19-4-2-3-5-20(19)24/h2-7,15-18H,8-14H2,1H3,(H,25,26)/b7-6+/t15-,16?,17?,18?,23?/m0/s1. The molecular weight excluding hydrogens is 374 g/mol. The van der Waals surface area contributed by atoms with Gasteiger partial charge in [0.05, 0.1) is 0 Å². The molecule has 150 valence electrons. The molecule has 0 aromatic heterocycles. The predicted molar refractivity (Wildman–Crippen MR) is 110 cm³/mol. The SMILES string of the molecule is C[C@H](NC(=O)COC(=O)/C=C/c1ccccc1Cl)C12CC3CC(CC(C3)C1)C2. The molecule has 4 bridgehead atoms. The van der Waals surface area contributed by atoms with Gasteiger partial charge in [-0.25, -0.2) is 4.79 Å². The van der Waals surface area contributed by atoms with E-state index in [4.69, 9.17) is 16.3 Å². The highest BCUT2D eigenvalue weighted by atomic mass is 35.5. The van der Waals surface area contributed by atoms with E-state index in [2.05, 4.69) is 12.2 Å². The number of benzene rings is 1. The number of carbonyl (C=O) groups is 2. The van der Waals surface area contributed by atoms with E-state index in [-0.39, 0.29) is 24.0 Å². The third-order valence-electron chi connectivity index (χ3n) is 7.03. The number of esters is 1. The summed E-state index contributed by atoms with van der Waals surface area (Å²) in [7, 11) is 0. The van der Waals surface area contributed by atoms with E-state index >= 15 is 0 Å². The minimum atomic E-state index is -0.544. The van der Waals surface area contributed by atoms with E-state index < -0.39 is 5.97 Å². The van der Waals surface area contributed by atoms with Crippen LogP contribution in [0.2, 0.25) is 5.02 Å². The van der Waals surface area contributed by atoms with Crippen molar-refractivity contribution in [1.82, 2.24) is 5.32 Å². The Morgan fingerprint density at radius 1 is 1.18 bits per heavy atom. The highest BCUT2D eigenvalue weighted by molar-refractivity contribution is 6.32. The second-order valence-electron chi connectivity index (χ2n) is 9.03. The number of halogens is 1. The van der Waals surface area contributed by atoms with E-state index in [1.165, 1.54) is 44.6 Å². The Labute approximate surface area is 171 Å². The van der Waals surface area contributed by atoms with Gasteiger partial charge in [0.1, 0.15) is 0 Å². The van der Waals surface area contributed by atoms with E-state index in [0.29, 0.717) is 5.02 Å². The van der Waals surface area contributed by atoms with Crippen molar-refractivity contribution in [3.05, 3.63) is 40.9 Å². The van der Waals surface area contributed by atoms with Crippen LogP contribution in [-0.2, 0) is 14.3 Å². The van der Waals surface area contributed by atoms with Crippen molar-refractivity contribution >= 4 is 29.6 Å². The van der Waals surface area contributed by atoms with Crippen LogP contribution in [0.5, 0.6) is 0 Å². The van der Waals surface area contributed by atoms with E-state index in [1.54, 1.807) is 12.1 Å². The lowest BCUT2D eigenvalue weighted by molar-refractivity contribution is -0.145. The molecule has 0 spiro atoms. The first-order chi connectivity index (χ1) is 13.4. The average molecular weight is 402 g/mol. The molecular formula is C23H28ClNO3. The zero-order valence-electron chi connectivity index (χ0n) is 16.3. The molecule has 0 heterocycles. The Balaban J connectivity index is 1.26. The van der Waals surface area contributed by atoms with Gasteiger partial charge in [0.15, 0.2) is 6.61 Å². The summed E-state index contributed by atoms with van der Waals surface area (Å²) in [6, 6.07) is 7.37. The van der Waals surface area contributed by atoms with Crippen LogP contribution in [0.25, 0.3) is 6.08 Å². The number of rotatable bonds is 6. The molecule has 0 radical (unpaired) electrons. The number of hydrogen-bond acceptors (Lipinski definition) is 3. The van der Waals surface area contributed by atoms with Crippen LogP contribution in [-0.4, -0.2) is 24.5 Å². The summed E-state index contributed by atoms with van der Waals surface area (Å²) in [6.45, 7) is 1.88. The van der Waals surface area contributed by atoms with Crippen molar-refractivity contribution in [3.8, 4) is 0 Å². The predicted octanol–water partition coefficient (Wildman–Crippen LogP) is 4.62. The van der Waals surface area contributed by atoms with Gasteiger partial charge in [0.2, 0.25) is 0 Å². The van der Waals surface area contributed by atoms with Crippen molar-refractivity contribution in [3.63, 3.8) is 0 Å². The minimum absolute atomic E-state index is 0.130. The van der Waals surface area contributed by atoms with Gasteiger partial charge in [-0.05, 0) is 86.3 Å². The first-order valence-corrected chi connectivity index (χ1v) is 10.7.